The number of nitrogens with zero attached hydrogens (tertiary/aromatic N) is 1. The first-order chi connectivity index (χ1) is 10.9. The Hall–Kier alpha value is -2.93. The number of amides is 4. The van der Waals surface area contributed by atoms with Crippen LogP contribution in [-0.2, 0) is 11.3 Å². The van der Waals surface area contributed by atoms with E-state index in [2.05, 4.69) is 5.32 Å². The molecule has 1 unspecified atom stereocenters. The number of nitrogens with two attached hydrogens (primary N) is 1. The monoisotopic (exact) mass is 314 g/mol. The molecule has 0 spiro atoms. The number of carboxylic acid groups (broad SMARTS) is 1. The van der Waals surface area contributed by atoms with Gasteiger partial charge in [0.25, 0.3) is 0 Å². The predicted molar refractivity (Wildman–Crippen MR) is 82.3 cm³/mol. The van der Waals surface area contributed by atoms with E-state index in [0.29, 0.717) is 0 Å². The normalized spacial score (nSPS) is 23.7. The molecule has 7 nitrogen and oxygen atoms in total. The van der Waals surface area contributed by atoms with Crippen molar-refractivity contribution in [1.82, 2.24) is 5.32 Å². The molecule has 2 atom stereocenters. The molecule has 1 aliphatic rings. The molecule has 0 aliphatic carbocycles. The number of urea groups is 2. The Morgan fingerprint density at radius 2 is 1.91 bits per heavy atom. The molecule has 1 aliphatic heterocycles. The van der Waals surface area contributed by atoms with Crippen LogP contribution in [0.3, 0.4) is 0 Å². The van der Waals surface area contributed by atoms with Crippen LogP contribution in [0, 0.1) is 0 Å². The number of carbonyl (C=O) groups is 3. The highest BCUT2D eigenvalue weighted by molar-refractivity contribution is 5.89. The smallest absolute Gasteiger partial charge is 0.426 e. The summed E-state index contributed by atoms with van der Waals surface area (Å²) in [6, 6.07) is 10.6. The average Bonchev–Trinajstić information content (AvgIpc) is 2.86. The molecule has 1 fully saturated rings. The standard InChI is InChI=1S/C16H15N3O4/c17-15(22)19(9-13(14(20)21)18-16(19)23)8-10-5-6-11-3-1-2-4-12(11)7-10/h1-7,13H,8-9H2,(H3-,17,18,20,21,22,23)/p+1/t13-,19?/m1/s1. The first kappa shape index (κ1) is 15.0. The van der Waals surface area contributed by atoms with E-state index in [1.54, 1.807) is 0 Å². The molecular formula is C16H16N3O4+. The van der Waals surface area contributed by atoms with Crippen molar-refractivity contribution in [2.24, 2.45) is 5.73 Å². The van der Waals surface area contributed by atoms with Gasteiger partial charge in [-0.25, -0.2) is 14.4 Å². The van der Waals surface area contributed by atoms with Crippen molar-refractivity contribution in [2.75, 3.05) is 6.54 Å². The second kappa shape index (κ2) is 5.36. The largest absolute Gasteiger partial charge is 0.480 e. The molecule has 0 radical (unpaired) electrons. The van der Waals surface area contributed by atoms with Gasteiger partial charge in [-0.1, -0.05) is 36.4 Å². The Morgan fingerprint density at radius 3 is 2.52 bits per heavy atom. The average molecular weight is 314 g/mol. The SMILES string of the molecule is NC(=O)[N+]1(Cc2ccc3ccccc3c2)C[C@H](C(=O)O)NC1=O. The lowest BCUT2D eigenvalue weighted by Crippen LogP contribution is -2.57. The third-order valence-electron chi connectivity index (χ3n) is 4.17. The van der Waals surface area contributed by atoms with Crippen molar-refractivity contribution in [2.45, 2.75) is 12.6 Å². The Kier molecular flexibility index (Phi) is 3.49. The Labute approximate surface area is 131 Å². The van der Waals surface area contributed by atoms with Gasteiger partial charge in [0, 0.05) is 5.56 Å². The maximum Gasteiger partial charge on any atom is 0.426 e. The zero-order chi connectivity index (χ0) is 16.6. The predicted octanol–water partition coefficient (Wildman–Crippen LogP) is 1.41. The van der Waals surface area contributed by atoms with E-state index < -0.39 is 28.6 Å². The summed E-state index contributed by atoms with van der Waals surface area (Å²) in [6.07, 6.45) is 0. The Morgan fingerprint density at radius 1 is 1.22 bits per heavy atom. The van der Waals surface area contributed by atoms with Crippen LogP contribution in [0.2, 0.25) is 0 Å². The van der Waals surface area contributed by atoms with Gasteiger partial charge in [-0.2, -0.15) is 4.48 Å². The molecule has 0 aromatic heterocycles. The lowest BCUT2D eigenvalue weighted by Gasteiger charge is -2.24. The maximum atomic E-state index is 12.2. The van der Waals surface area contributed by atoms with Gasteiger partial charge < -0.3 is 10.8 Å². The van der Waals surface area contributed by atoms with E-state index in [1.807, 2.05) is 42.5 Å². The highest BCUT2D eigenvalue weighted by Gasteiger charge is 2.54. The number of imide groups is 1. The van der Waals surface area contributed by atoms with Gasteiger partial charge in [0.05, 0.1) is 0 Å². The maximum absolute atomic E-state index is 12.2. The van der Waals surface area contributed by atoms with E-state index in [1.165, 1.54) is 0 Å². The molecule has 1 saturated heterocycles. The number of rotatable bonds is 3. The van der Waals surface area contributed by atoms with Crippen molar-refractivity contribution in [3.8, 4) is 0 Å². The van der Waals surface area contributed by atoms with Crippen molar-refractivity contribution in [3.63, 3.8) is 0 Å². The molecular weight excluding hydrogens is 298 g/mol. The van der Waals surface area contributed by atoms with Crippen LogP contribution in [0.1, 0.15) is 5.56 Å². The zero-order valence-corrected chi connectivity index (χ0v) is 12.2. The molecule has 2 aromatic rings. The summed E-state index contributed by atoms with van der Waals surface area (Å²) in [5, 5.41) is 13.4. The van der Waals surface area contributed by atoms with Crippen molar-refractivity contribution in [1.29, 1.82) is 0 Å². The Balaban J connectivity index is 1.97. The second-order valence-electron chi connectivity index (χ2n) is 5.67. The fraction of sp³-hybridized carbons (Fsp3) is 0.188. The van der Waals surface area contributed by atoms with Crippen LogP contribution in [0.15, 0.2) is 42.5 Å². The fourth-order valence-corrected chi connectivity index (χ4v) is 2.91. The molecule has 4 amide bonds. The van der Waals surface area contributed by atoms with E-state index in [4.69, 9.17) is 10.8 Å². The van der Waals surface area contributed by atoms with Gasteiger partial charge in [0.15, 0.2) is 6.04 Å². The number of fused-ring (bicyclic) bond motifs is 1. The van der Waals surface area contributed by atoms with Crippen molar-refractivity contribution < 1.29 is 24.0 Å². The summed E-state index contributed by atoms with van der Waals surface area (Å²) in [7, 11) is 0. The molecule has 4 N–H and O–H groups in total. The van der Waals surface area contributed by atoms with E-state index in [9.17, 15) is 14.4 Å². The molecule has 2 aromatic carbocycles. The third-order valence-corrected chi connectivity index (χ3v) is 4.17. The first-order valence-electron chi connectivity index (χ1n) is 7.11. The van der Waals surface area contributed by atoms with E-state index in [0.717, 1.165) is 16.3 Å². The fourth-order valence-electron chi connectivity index (χ4n) is 2.91. The molecule has 3 rings (SSSR count). The summed E-state index contributed by atoms with van der Waals surface area (Å²) < 4.78 is -0.741. The van der Waals surface area contributed by atoms with Gasteiger partial charge in [0.2, 0.25) is 0 Å². The Bertz CT molecular complexity index is 820. The van der Waals surface area contributed by atoms with Gasteiger partial charge in [-0.15, -0.1) is 0 Å². The number of aliphatic carboxylic acids is 1. The quantitative estimate of drug-likeness (QED) is 0.744. The van der Waals surface area contributed by atoms with Crippen LogP contribution >= 0.6 is 0 Å². The van der Waals surface area contributed by atoms with Gasteiger partial charge in [-0.05, 0) is 16.8 Å². The molecule has 7 heteroatoms. The first-order valence-corrected chi connectivity index (χ1v) is 7.11. The summed E-state index contributed by atoms with van der Waals surface area (Å²) in [6.45, 7) is -0.174. The van der Waals surface area contributed by atoms with Gasteiger partial charge in [-0.3, -0.25) is 5.32 Å². The van der Waals surface area contributed by atoms with E-state index in [-0.39, 0.29) is 13.1 Å². The third kappa shape index (κ3) is 2.51. The lowest BCUT2D eigenvalue weighted by molar-refractivity contribution is -0.771. The number of quaternary nitrogens is 1. The zero-order valence-electron chi connectivity index (χ0n) is 12.2. The number of nitrogens with one attached hydrogen (secondary N) is 1. The number of carbonyl (C=O) groups excluding carboxylic acids is 2. The van der Waals surface area contributed by atoms with Crippen LogP contribution < -0.4 is 11.1 Å². The molecule has 1 heterocycles. The van der Waals surface area contributed by atoms with Crippen LogP contribution in [-0.4, -0.2) is 40.2 Å². The number of hydrogen-bond acceptors (Lipinski definition) is 3. The molecule has 118 valence electrons. The highest BCUT2D eigenvalue weighted by atomic mass is 16.4. The molecule has 0 bridgehead atoms. The minimum Gasteiger partial charge on any atom is -0.480 e. The van der Waals surface area contributed by atoms with Crippen molar-refractivity contribution >= 4 is 28.8 Å². The second-order valence-corrected chi connectivity index (χ2v) is 5.67. The highest BCUT2D eigenvalue weighted by Crippen LogP contribution is 2.24. The summed E-state index contributed by atoms with van der Waals surface area (Å²) in [5.41, 5.74) is 6.17. The van der Waals surface area contributed by atoms with Crippen molar-refractivity contribution in [3.05, 3.63) is 48.0 Å². The lowest BCUT2D eigenvalue weighted by atomic mass is 10.1. The molecule has 0 saturated carbocycles. The summed E-state index contributed by atoms with van der Waals surface area (Å²) in [5.74, 6) is -1.18. The number of hydrogen-bond donors (Lipinski definition) is 3. The number of primary amides is 1. The minimum absolute atomic E-state index is 0.0236. The molecule has 23 heavy (non-hydrogen) atoms. The van der Waals surface area contributed by atoms with E-state index >= 15 is 0 Å². The van der Waals surface area contributed by atoms with Crippen LogP contribution in [0.25, 0.3) is 10.8 Å². The van der Waals surface area contributed by atoms with Gasteiger partial charge >= 0.3 is 18.0 Å². The minimum atomic E-state index is -1.18. The summed E-state index contributed by atoms with van der Waals surface area (Å²) >= 11 is 0. The number of benzene rings is 2. The topological polar surface area (TPSA) is 109 Å². The van der Waals surface area contributed by atoms with Crippen LogP contribution in [0.4, 0.5) is 9.59 Å². The van der Waals surface area contributed by atoms with Crippen LogP contribution in [0.5, 0.6) is 0 Å². The van der Waals surface area contributed by atoms with Gasteiger partial charge in [0.1, 0.15) is 13.1 Å². The summed E-state index contributed by atoms with van der Waals surface area (Å²) in [4.78, 5) is 35.2. The number of carboxylic acids is 1.